The van der Waals surface area contributed by atoms with Crippen molar-refractivity contribution in [2.24, 2.45) is 0 Å². The zero-order valence-corrected chi connectivity index (χ0v) is 20.0. The van der Waals surface area contributed by atoms with Crippen LogP contribution >= 0.6 is 0 Å². The summed E-state index contributed by atoms with van der Waals surface area (Å²) in [5, 5.41) is 5.98. The molecule has 3 aromatic carbocycles. The first-order valence-electron chi connectivity index (χ1n) is 12.0. The van der Waals surface area contributed by atoms with Crippen LogP contribution in [0.15, 0.2) is 72.8 Å². The molecule has 6 heteroatoms. The molecule has 1 aliphatic carbocycles. The van der Waals surface area contributed by atoms with Crippen molar-refractivity contribution in [2.45, 2.75) is 44.7 Å². The summed E-state index contributed by atoms with van der Waals surface area (Å²) in [5.74, 6) is -0.742. The van der Waals surface area contributed by atoms with E-state index in [0.29, 0.717) is 6.42 Å². The van der Waals surface area contributed by atoms with E-state index >= 15 is 0 Å². The van der Waals surface area contributed by atoms with Crippen LogP contribution in [0.5, 0.6) is 0 Å². The Bertz CT molecular complexity index is 1300. The van der Waals surface area contributed by atoms with Crippen molar-refractivity contribution in [3.63, 3.8) is 0 Å². The zero-order valence-electron chi connectivity index (χ0n) is 20.0. The van der Waals surface area contributed by atoms with Gasteiger partial charge in [0, 0.05) is 0 Å². The number of hydrogen-bond acceptors (Lipinski definition) is 3. The molecule has 2 N–H and O–H groups in total. The van der Waals surface area contributed by atoms with E-state index in [9.17, 15) is 14.4 Å². The van der Waals surface area contributed by atoms with Gasteiger partial charge in [0.25, 0.3) is 5.91 Å². The summed E-state index contributed by atoms with van der Waals surface area (Å²) in [5.41, 5.74) is 5.00. The molecule has 0 saturated carbocycles. The monoisotopic (exact) mass is 467 g/mol. The van der Waals surface area contributed by atoms with Gasteiger partial charge in [-0.2, -0.15) is 0 Å². The lowest BCUT2D eigenvalue weighted by molar-refractivity contribution is -0.135. The molecule has 1 heterocycles. The standard InChI is InChI=1S/C29H29N3O3/c1-19-14-15-23(17-20(19)2)26(22-10-4-3-5-11-22)30-25(33)18-32-27(34)29(31-28(32)35)16-8-12-21-9-6-7-13-24(21)29/h3-7,9-11,13-15,17,26H,8,12,16,18H2,1-2H3,(H,30,33)(H,31,35). The van der Waals surface area contributed by atoms with Gasteiger partial charge in [-0.15, -0.1) is 0 Å². The summed E-state index contributed by atoms with van der Waals surface area (Å²) in [6.07, 6.45) is 2.20. The van der Waals surface area contributed by atoms with E-state index in [1.165, 1.54) is 5.56 Å². The third-order valence-electron chi connectivity index (χ3n) is 7.26. The Kier molecular flexibility index (Phi) is 5.89. The summed E-state index contributed by atoms with van der Waals surface area (Å²) in [4.78, 5) is 40.8. The smallest absolute Gasteiger partial charge is 0.325 e. The lowest BCUT2D eigenvalue weighted by atomic mass is 9.76. The highest BCUT2D eigenvalue weighted by Crippen LogP contribution is 2.39. The highest BCUT2D eigenvalue weighted by molar-refractivity contribution is 6.09. The van der Waals surface area contributed by atoms with Crippen molar-refractivity contribution in [3.8, 4) is 0 Å². The predicted octanol–water partition coefficient (Wildman–Crippen LogP) is 4.29. The predicted molar refractivity (Wildman–Crippen MR) is 134 cm³/mol. The molecule has 2 atom stereocenters. The largest absolute Gasteiger partial charge is 0.344 e. The fraction of sp³-hybridized carbons (Fsp3) is 0.276. The minimum Gasteiger partial charge on any atom is -0.344 e. The molecule has 0 aromatic heterocycles. The third-order valence-corrected chi connectivity index (χ3v) is 7.26. The molecule has 2 unspecified atom stereocenters. The van der Waals surface area contributed by atoms with E-state index in [0.717, 1.165) is 45.6 Å². The highest BCUT2D eigenvalue weighted by Gasteiger charge is 2.54. The second kappa shape index (κ2) is 9.02. The summed E-state index contributed by atoms with van der Waals surface area (Å²) >= 11 is 0. The number of nitrogens with zero attached hydrogens (tertiary/aromatic N) is 1. The number of benzene rings is 3. The Morgan fingerprint density at radius 1 is 0.971 bits per heavy atom. The van der Waals surface area contributed by atoms with Crippen molar-refractivity contribution in [1.82, 2.24) is 15.5 Å². The van der Waals surface area contributed by atoms with Crippen LogP contribution in [0.25, 0.3) is 0 Å². The lowest BCUT2D eigenvalue weighted by Crippen LogP contribution is -2.47. The van der Waals surface area contributed by atoms with Crippen LogP contribution in [0.4, 0.5) is 4.79 Å². The number of fused-ring (bicyclic) bond motifs is 2. The molecule has 1 saturated heterocycles. The summed E-state index contributed by atoms with van der Waals surface area (Å²) < 4.78 is 0. The molecule has 178 valence electrons. The lowest BCUT2D eigenvalue weighted by Gasteiger charge is -2.33. The number of urea groups is 1. The molecule has 35 heavy (non-hydrogen) atoms. The molecule has 1 spiro atoms. The van der Waals surface area contributed by atoms with Gasteiger partial charge in [0.1, 0.15) is 12.1 Å². The SMILES string of the molecule is Cc1ccc(C(NC(=O)CN2C(=O)NC3(CCCc4ccccc43)C2=O)c2ccccc2)cc1C. The summed E-state index contributed by atoms with van der Waals surface area (Å²) in [6, 6.07) is 22.6. The van der Waals surface area contributed by atoms with Crippen LogP contribution in [0, 0.1) is 13.8 Å². The number of imide groups is 1. The highest BCUT2D eigenvalue weighted by atomic mass is 16.2. The quantitative estimate of drug-likeness (QED) is 0.550. The second-order valence-electron chi connectivity index (χ2n) is 9.49. The number of aryl methyl sites for hydroxylation is 3. The summed E-state index contributed by atoms with van der Waals surface area (Å²) in [6.45, 7) is 3.76. The third kappa shape index (κ3) is 4.09. The average Bonchev–Trinajstić information content (AvgIpc) is 3.09. The van der Waals surface area contributed by atoms with Gasteiger partial charge in [-0.25, -0.2) is 4.79 Å². The minimum atomic E-state index is -1.08. The average molecular weight is 468 g/mol. The minimum absolute atomic E-state index is 0.331. The van der Waals surface area contributed by atoms with Crippen LogP contribution in [-0.2, 0) is 21.5 Å². The van der Waals surface area contributed by atoms with Crippen molar-refractivity contribution >= 4 is 17.8 Å². The number of nitrogens with one attached hydrogen (secondary N) is 2. The first kappa shape index (κ1) is 22.8. The first-order valence-corrected chi connectivity index (χ1v) is 12.0. The number of carbonyl (C=O) groups is 3. The van der Waals surface area contributed by atoms with Crippen LogP contribution in [0.2, 0.25) is 0 Å². The molecule has 3 aromatic rings. The Morgan fingerprint density at radius 3 is 2.49 bits per heavy atom. The molecule has 1 fully saturated rings. The normalized spacial score (nSPS) is 19.9. The second-order valence-corrected chi connectivity index (χ2v) is 9.49. The van der Waals surface area contributed by atoms with Crippen molar-refractivity contribution in [2.75, 3.05) is 6.54 Å². The van der Waals surface area contributed by atoms with E-state index in [2.05, 4.69) is 16.7 Å². The molecule has 6 nitrogen and oxygen atoms in total. The number of hydrogen-bond donors (Lipinski definition) is 2. The topological polar surface area (TPSA) is 78.5 Å². The number of rotatable bonds is 5. The van der Waals surface area contributed by atoms with Crippen molar-refractivity contribution in [3.05, 3.63) is 106 Å². The molecular weight excluding hydrogens is 438 g/mol. The van der Waals surface area contributed by atoms with E-state index < -0.39 is 17.6 Å². The molecule has 1 aliphatic heterocycles. The Morgan fingerprint density at radius 2 is 1.71 bits per heavy atom. The Labute approximate surface area is 205 Å². The first-order chi connectivity index (χ1) is 16.9. The van der Waals surface area contributed by atoms with E-state index in [4.69, 9.17) is 0 Å². The fourth-order valence-electron chi connectivity index (χ4n) is 5.25. The van der Waals surface area contributed by atoms with Gasteiger partial charge in [0.15, 0.2) is 0 Å². The number of amides is 4. The Balaban J connectivity index is 1.39. The van der Waals surface area contributed by atoms with Gasteiger partial charge >= 0.3 is 6.03 Å². The van der Waals surface area contributed by atoms with E-state index in [1.807, 2.05) is 80.6 Å². The van der Waals surface area contributed by atoms with Crippen LogP contribution in [-0.4, -0.2) is 29.3 Å². The number of carbonyl (C=O) groups excluding carboxylic acids is 3. The van der Waals surface area contributed by atoms with Crippen LogP contribution in [0.1, 0.15) is 52.3 Å². The molecule has 0 radical (unpaired) electrons. The Hall–Kier alpha value is -3.93. The van der Waals surface area contributed by atoms with Gasteiger partial charge in [-0.1, -0.05) is 72.8 Å². The summed E-state index contributed by atoms with van der Waals surface area (Å²) in [7, 11) is 0. The van der Waals surface area contributed by atoms with Gasteiger partial charge in [0.05, 0.1) is 6.04 Å². The maximum Gasteiger partial charge on any atom is 0.325 e. The molecule has 0 bridgehead atoms. The van der Waals surface area contributed by atoms with Crippen molar-refractivity contribution in [1.29, 1.82) is 0 Å². The molecule has 2 aliphatic rings. The van der Waals surface area contributed by atoms with E-state index in [1.54, 1.807) is 0 Å². The zero-order chi connectivity index (χ0) is 24.6. The molecule has 4 amide bonds. The van der Waals surface area contributed by atoms with Gasteiger partial charge in [0.2, 0.25) is 5.91 Å². The maximum atomic E-state index is 13.6. The fourth-order valence-corrected chi connectivity index (χ4v) is 5.25. The molecular formula is C29H29N3O3. The molecule has 5 rings (SSSR count). The van der Waals surface area contributed by atoms with Gasteiger partial charge in [-0.05, 0) is 66.5 Å². The van der Waals surface area contributed by atoms with E-state index in [-0.39, 0.29) is 18.4 Å². The van der Waals surface area contributed by atoms with Crippen molar-refractivity contribution < 1.29 is 14.4 Å². The van der Waals surface area contributed by atoms with Gasteiger partial charge in [-0.3, -0.25) is 14.5 Å². The van der Waals surface area contributed by atoms with Gasteiger partial charge < -0.3 is 10.6 Å². The van der Waals surface area contributed by atoms with Crippen LogP contribution < -0.4 is 10.6 Å². The van der Waals surface area contributed by atoms with Crippen LogP contribution in [0.3, 0.4) is 0 Å². The maximum absolute atomic E-state index is 13.6.